The molecule has 2 aliphatic rings. The number of rotatable bonds is 2. The van der Waals surface area contributed by atoms with Crippen molar-refractivity contribution in [3.05, 3.63) is 42.5 Å². The number of benzene rings is 1. The van der Waals surface area contributed by atoms with Crippen LogP contribution in [0.5, 0.6) is 11.5 Å². The van der Waals surface area contributed by atoms with Gasteiger partial charge in [-0.1, -0.05) is 5.16 Å². The number of hydrogen-bond acceptors (Lipinski definition) is 7. The lowest BCUT2D eigenvalue weighted by molar-refractivity contribution is 0.174. The minimum atomic E-state index is 0.279. The van der Waals surface area contributed by atoms with E-state index in [4.69, 9.17) is 9.47 Å². The Morgan fingerprint density at radius 1 is 1.08 bits per heavy atom. The second-order valence-corrected chi connectivity index (χ2v) is 5.53. The molecule has 0 amide bonds. The number of ether oxygens (including phenoxy) is 2. The number of anilines is 1. The maximum atomic E-state index is 9.35. The summed E-state index contributed by atoms with van der Waals surface area (Å²) in [7, 11) is 0. The Morgan fingerprint density at radius 2 is 1.92 bits per heavy atom. The number of oxime groups is 1. The molecule has 0 bridgehead atoms. The van der Waals surface area contributed by atoms with Crippen LogP contribution in [0.4, 0.5) is 5.69 Å². The Morgan fingerprint density at radius 3 is 2.67 bits per heavy atom. The van der Waals surface area contributed by atoms with Crippen molar-refractivity contribution >= 4 is 11.5 Å². The second-order valence-electron chi connectivity index (χ2n) is 5.53. The standard InChI is InChI=1S/C16H17N5O3/c22-19-16(13-10-17-3-4-18-13)21-7-5-20(6-8-21)12-1-2-14-15(9-12)24-11-23-14/h1-4,9-10,22H,5-8,11H2/b19-16-. The molecule has 4 rings (SSSR count). The predicted octanol–water partition coefficient (Wildman–Crippen LogP) is 1.16. The van der Waals surface area contributed by atoms with E-state index in [0.717, 1.165) is 43.4 Å². The van der Waals surface area contributed by atoms with Gasteiger partial charge < -0.3 is 24.5 Å². The highest BCUT2D eigenvalue weighted by atomic mass is 16.7. The van der Waals surface area contributed by atoms with Crippen molar-refractivity contribution in [2.75, 3.05) is 37.9 Å². The molecule has 8 nitrogen and oxygen atoms in total. The number of piperazine rings is 1. The monoisotopic (exact) mass is 327 g/mol. The lowest BCUT2D eigenvalue weighted by atomic mass is 10.2. The van der Waals surface area contributed by atoms with Gasteiger partial charge in [0.05, 0.1) is 6.20 Å². The van der Waals surface area contributed by atoms with Crippen LogP contribution in [0.1, 0.15) is 5.69 Å². The van der Waals surface area contributed by atoms with Gasteiger partial charge in [0.2, 0.25) is 6.79 Å². The quantitative estimate of drug-likeness (QED) is 0.383. The molecule has 0 unspecified atom stereocenters. The molecule has 1 aromatic carbocycles. The third-order valence-electron chi connectivity index (χ3n) is 4.19. The van der Waals surface area contributed by atoms with Crippen LogP contribution in [0.3, 0.4) is 0 Å². The average Bonchev–Trinajstić information content (AvgIpc) is 3.12. The minimum absolute atomic E-state index is 0.279. The molecule has 24 heavy (non-hydrogen) atoms. The van der Waals surface area contributed by atoms with Crippen LogP contribution in [-0.2, 0) is 0 Å². The molecule has 0 aliphatic carbocycles. The molecule has 0 spiro atoms. The largest absolute Gasteiger partial charge is 0.454 e. The first-order chi connectivity index (χ1) is 11.8. The van der Waals surface area contributed by atoms with Gasteiger partial charge in [-0.05, 0) is 12.1 Å². The lowest BCUT2D eigenvalue weighted by Crippen LogP contribution is -2.49. The van der Waals surface area contributed by atoms with Gasteiger partial charge in [0, 0.05) is 50.3 Å². The van der Waals surface area contributed by atoms with Gasteiger partial charge in [0.1, 0.15) is 5.69 Å². The zero-order valence-corrected chi connectivity index (χ0v) is 13.0. The molecule has 1 aromatic heterocycles. The van der Waals surface area contributed by atoms with Crippen molar-refractivity contribution in [1.29, 1.82) is 0 Å². The fourth-order valence-electron chi connectivity index (χ4n) is 2.95. The summed E-state index contributed by atoms with van der Waals surface area (Å²) in [6, 6.07) is 5.97. The number of aromatic nitrogens is 2. The number of nitrogens with zero attached hydrogens (tertiary/aromatic N) is 5. The summed E-state index contributed by atoms with van der Waals surface area (Å²) in [6.07, 6.45) is 4.78. The first-order valence-corrected chi connectivity index (χ1v) is 7.73. The molecule has 1 N–H and O–H groups in total. The molecule has 1 fully saturated rings. The van der Waals surface area contributed by atoms with E-state index < -0.39 is 0 Å². The van der Waals surface area contributed by atoms with E-state index in [1.165, 1.54) is 0 Å². The zero-order valence-electron chi connectivity index (χ0n) is 13.0. The number of fused-ring (bicyclic) bond motifs is 1. The highest BCUT2D eigenvalue weighted by Crippen LogP contribution is 2.35. The van der Waals surface area contributed by atoms with E-state index >= 15 is 0 Å². The second kappa shape index (κ2) is 6.23. The minimum Gasteiger partial charge on any atom is -0.454 e. The predicted molar refractivity (Wildman–Crippen MR) is 86.7 cm³/mol. The third kappa shape index (κ3) is 2.66. The Hall–Kier alpha value is -3.03. The topological polar surface area (TPSA) is 83.3 Å². The van der Waals surface area contributed by atoms with Crippen LogP contribution in [0.25, 0.3) is 0 Å². The molecule has 3 heterocycles. The van der Waals surface area contributed by atoms with Gasteiger partial charge >= 0.3 is 0 Å². The van der Waals surface area contributed by atoms with Crippen LogP contribution in [0.15, 0.2) is 41.9 Å². The summed E-state index contributed by atoms with van der Waals surface area (Å²) >= 11 is 0. The third-order valence-corrected chi connectivity index (χ3v) is 4.19. The van der Waals surface area contributed by atoms with Gasteiger partial charge in [0.25, 0.3) is 0 Å². The lowest BCUT2D eigenvalue weighted by Gasteiger charge is -2.37. The normalized spacial score (nSPS) is 17.2. The zero-order chi connectivity index (χ0) is 16.4. The van der Waals surface area contributed by atoms with Gasteiger partial charge in [-0.15, -0.1) is 0 Å². The van der Waals surface area contributed by atoms with Crippen LogP contribution < -0.4 is 14.4 Å². The summed E-state index contributed by atoms with van der Waals surface area (Å²) in [5, 5.41) is 12.8. The number of hydrogen-bond donors (Lipinski definition) is 1. The van der Waals surface area contributed by atoms with E-state index in [9.17, 15) is 5.21 Å². The summed E-state index contributed by atoms with van der Waals surface area (Å²) in [5.41, 5.74) is 1.66. The molecule has 1 saturated heterocycles. The van der Waals surface area contributed by atoms with E-state index in [0.29, 0.717) is 11.5 Å². The van der Waals surface area contributed by atoms with Crippen molar-refractivity contribution in [3.63, 3.8) is 0 Å². The van der Waals surface area contributed by atoms with Crippen molar-refractivity contribution in [2.24, 2.45) is 5.16 Å². The molecule has 2 aliphatic heterocycles. The Kier molecular flexibility index (Phi) is 3.78. The van der Waals surface area contributed by atoms with Gasteiger partial charge in [-0.3, -0.25) is 4.98 Å². The molecular weight excluding hydrogens is 310 g/mol. The molecule has 0 saturated carbocycles. The Bertz CT molecular complexity index is 745. The summed E-state index contributed by atoms with van der Waals surface area (Å²) < 4.78 is 10.8. The maximum absolute atomic E-state index is 9.35. The van der Waals surface area contributed by atoms with E-state index in [1.54, 1.807) is 18.6 Å². The highest BCUT2D eigenvalue weighted by molar-refractivity contribution is 5.96. The summed E-state index contributed by atoms with van der Waals surface area (Å²) in [5.74, 6) is 2.02. The van der Waals surface area contributed by atoms with Crippen molar-refractivity contribution in [3.8, 4) is 11.5 Å². The van der Waals surface area contributed by atoms with Gasteiger partial charge in [-0.25, -0.2) is 4.98 Å². The van der Waals surface area contributed by atoms with E-state index in [-0.39, 0.29) is 6.79 Å². The molecule has 124 valence electrons. The fraction of sp³-hybridized carbons (Fsp3) is 0.312. The Labute approximate surface area is 138 Å². The van der Waals surface area contributed by atoms with Crippen molar-refractivity contribution in [2.45, 2.75) is 0 Å². The highest BCUT2D eigenvalue weighted by Gasteiger charge is 2.23. The van der Waals surface area contributed by atoms with Crippen LogP contribution in [-0.4, -0.2) is 58.9 Å². The molecular formula is C16H17N5O3. The van der Waals surface area contributed by atoms with Crippen LogP contribution >= 0.6 is 0 Å². The molecule has 8 heteroatoms. The smallest absolute Gasteiger partial charge is 0.231 e. The summed E-state index contributed by atoms with van der Waals surface area (Å²) in [6.45, 7) is 3.34. The van der Waals surface area contributed by atoms with E-state index in [1.807, 2.05) is 23.1 Å². The molecule has 0 atom stereocenters. The average molecular weight is 327 g/mol. The SMILES string of the molecule is O/N=C(/c1cnccn1)N1CCN(c2ccc3c(c2)OCO3)CC1. The fourth-order valence-corrected chi connectivity index (χ4v) is 2.95. The van der Waals surface area contributed by atoms with Gasteiger partial charge in [0.15, 0.2) is 17.3 Å². The Balaban J connectivity index is 1.45. The number of amidine groups is 1. The van der Waals surface area contributed by atoms with E-state index in [2.05, 4.69) is 20.0 Å². The molecule has 2 aromatic rings. The van der Waals surface area contributed by atoms with Crippen molar-refractivity contribution < 1.29 is 14.7 Å². The van der Waals surface area contributed by atoms with Crippen LogP contribution in [0.2, 0.25) is 0 Å². The molecule has 0 radical (unpaired) electrons. The van der Waals surface area contributed by atoms with Crippen molar-refractivity contribution in [1.82, 2.24) is 14.9 Å². The van der Waals surface area contributed by atoms with Crippen LogP contribution in [0, 0.1) is 0 Å². The van der Waals surface area contributed by atoms with Gasteiger partial charge in [-0.2, -0.15) is 0 Å². The summed E-state index contributed by atoms with van der Waals surface area (Å²) in [4.78, 5) is 12.5. The first-order valence-electron chi connectivity index (χ1n) is 7.73. The first kappa shape index (κ1) is 14.6. The maximum Gasteiger partial charge on any atom is 0.231 e.